The average Bonchev–Trinajstić information content (AvgIpc) is 2.91. The minimum Gasteiger partial charge on any atom is -0.357 e. The van der Waals surface area contributed by atoms with Gasteiger partial charge >= 0.3 is 6.18 Å². The molecule has 26 heavy (non-hydrogen) atoms. The summed E-state index contributed by atoms with van der Waals surface area (Å²) in [6.45, 7) is 6.39. The monoisotopic (exact) mass is 415 g/mol. The van der Waals surface area contributed by atoms with Crippen molar-refractivity contribution in [1.29, 1.82) is 0 Å². The molecule has 1 aromatic rings. The maximum Gasteiger partial charge on any atom is 0.434 e. The van der Waals surface area contributed by atoms with Crippen LogP contribution in [0.4, 0.5) is 13.2 Å². The maximum atomic E-state index is 12.5. The lowest BCUT2D eigenvalue weighted by Crippen LogP contribution is -2.47. The van der Waals surface area contributed by atoms with Crippen molar-refractivity contribution < 1.29 is 21.6 Å². The van der Waals surface area contributed by atoms with Crippen molar-refractivity contribution in [3.63, 3.8) is 0 Å². The molecule has 0 aliphatic rings. The number of nitrogens with zero attached hydrogens (tertiary/aromatic N) is 2. The van der Waals surface area contributed by atoms with E-state index in [0.29, 0.717) is 30.5 Å². The van der Waals surface area contributed by atoms with Gasteiger partial charge in [0.05, 0.1) is 17.8 Å². The highest BCUT2D eigenvalue weighted by atomic mass is 32.2. The van der Waals surface area contributed by atoms with Crippen molar-refractivity contribution >= 4 is 27.3 Å². The first-order valence-corrected chi connectivity index (χ1v) is 10.6. The van der Waals surface area contributed by atoms with Gasteiger partial charge in [0, 0.05) is 30.4 Å². The summed E-state index contributed by atoms with van der Waals surface area (Å²) in [7, 11) is -3.36. The summed E-state index contributed by atoms with van der Waals surface area (Å²) in [4.78, 5) is 7.88. The Morgan fingerprint density at radius 2 is 1.96 bits per heavy atom. The van der Waals surface area contributed by atoms with E-state index >= 15 is 0 Å². The van der Waals surface area contributed by atoms with Crippen LogP contribution in [0.15, 0.2) is 10.4 Å². The second-order valence-electron chi connectivity index (χ2n) is 6.25. The highest BCUT2D eigenvalue weighted by Crippen LogP contribution is 2.29. The molecule has 0 aromatic carbocycles. The molecule has 0 radical (unpaired) electrons. The summed E-state index contributed by atoms with van der Waals surface area (Å²) in [6, 6.07) is 0. The first-order valence-electron chi connectivity index (χ1n) is 7.85. The molecular weight excluding hydrogens is 391 g/mol. The van der Waals surface area contributed by atoms with Gasteiger partial charge in [-0.25, -0.2) is 18.1 Å². The predicted molar refractivity (Wildman–Crippen MR) is 96.9 cm³/mol. The Morgan fingerprint density at radius 3 is 2.46 bits per heavy atom. The quantitative estimate of drug-likeness (QED) is 0.443. The lowest BCUT2D eigenvalue weighted by Gasteiger charge is -2.23. The van der Waals surface area contributed by atoms with Crippen LogP contribution in [0.5, 0.6) is 0 Å². The van der Waals surface area contributed by atoms with Gasteiger partial charge in [-0.15, -0.1) is 11.3 Å². The number of sulfonamides is 1. The smallest absolute Gasteiger partial charge is 0.357 e. The Labute approximate surface area is 155 Å². The SMILES string of the molecule is CCNC(=NCC(C)(C)NS(C)(=O)=O)NCCc1nc(C(F)(F)F)cs1. The predicted octanol–water partition coefficient (Wildman–Crippen LogP) is 1.59. The summed E-state index contributed by atoms with van der Waals surface area (Å²) < 4.78 is 62.8. The van der Waals surface area contributed by atoms with E-state index in [0.717, 1.165) is 23.0 Å². The normalized spacial score (nSPS) is 13.7. The van der Waals surface area contributed by atoms with Gasteiger partial charge in [0.15, 0.2) is 11.7 Å². The number of aliphatic imine (C=N–C) groups is 1. The van der Waals surface area contributed by atoms with E-state index in [1.165, 1.54) is 0 Å². The molecule has 0 saturated heterocycles. The van der Waals surface area contributed by atoms with Crippen LogP contribution in [0.25, 0.3) is 0 Å². The number of hydrogen-bond acceptors (Lipinski definition) is 5. The summed E-state index contributed by atoms with van der Waals surface area (Å²) >= 11 is 0.957. The molecular formula is C14H24F3N5O2S2. The Kier molecular flexibility index (Phi) is 7.84. The number of guanidine groups is 1. The molecule has 0 spiro atoms. The van der Waals surface area contributed by atoms with Crippen LogP contribution >= 0.6 is 11.3 Å². The molecule has 12 heteroatoms. The van der Waals surface area contributed by atoms with Crippen LogP contribution in [-0.4, -0.2) is 50.8 Å². The third kappa shape index (κ3) is 8.81. The van der Waals surface area contributed by atoms with Gasteiger partial charge in [-0.1, -0.05) is 0 Å². The maximum absolute atomic E-state index is 12.5. The molecule has 0 fully saturated rings. The van der Waals surface area contributed by atoms with Crippen LogP contribution in [0.1, 0.15) is 31.5 Å². The molecule has 1 heterocycles. The van der Waals surface area contributed by atoms with Crippen molar-refractivity contribution in [1.82, 2.24) is 20.3 Å². The molecule has 150 valence electrons. The van der Waals surface area contributed by atoms with E-state index in [-0.39, 0.29) is 6.54 Å². The molecule has 0 amide bonds. The fraction of sp³-hybridized carbons (Fsp3) is 0.714. The molecule has 7 nitrogen and oxygen atoms in total. The first kappa shape index (κ1) is 22.6. The minimum atomic E-state index is -4.43. The number of thiazole rings is 1. The summed E-state index contributed by atoms with van der Waals surface area (Å²) in [5.74, 6) is 0.448. The molecule has 1 aromatic heterocycles. The van der Waals surface area contributed by atoms with E-state index < -0.39 is 27.4 Å². The molecule has 3 N–H and O–H groups in total. The lowest BCUT2D eigenvalue weighted by molar-refractivity contribution is -0.140. The first-order chi connectivity index (χ1) is 11.8. The number of hydrogen-bond donors (Lipinski definition) is 3. The van der Waals surface area contributed by atoms with Crippen molar-refractivity contribution in [2.24, 2.45) is 4.99 Å². The second-order valence-corrected chi connectivity index (χ2v) is 8.95. The number of rotatable bonds is 8. The molecule has 0 aliphatic heterocycles. The van der Waals surface area contributed by atoms with Gasteiger partial charge in [0.1, 0.15) is 0 Å². The zero-order valence-electron chi connectivity index (χ0n) is 15.1. The van der Waals surface area contributed by atoms with E-state index in [1.54, 1.807) is 13.8 Å². The molecule has 0 bridgehead atoms. The van der Waals surface area contributed by atoms with Crippen molar-refractivity contribution in [2.75, 3.05) is 25.9 Å². The van der Waals surface area contributed by atoms with Gasteiger partial charge in [-0.05, 0) is 20.8 Å². The lowest BCUT2D eigenvalue weighted by atomic mass is 10.1. The molecule has 0 saturated carbocycles. The zero-order valence-corrected chi connectivity index (χ0v) is 16.7. The van der Waals surface area contributed by atoms with E-state index in [9.17, 15) is 21.6 Å². The Bertz CT molecular complexity index is 714. The Hall–Kier alpha value is -1.40. The van der Waals surface area contributed by atoms with Crippen LogP contribution in [-0.2, 0) is 22.6 Å². The highest BCUT2D eigenvalue weighted by molar-refractivity contribution is 7.88. The Morgan fingerprint density at radius 1 is 1.31 bits per heavy atom. The third-order valence-electron chi connectivity index (χ3n) is 2.91. The number of alkyl halides is 3. The summed E-state index contributed by atoms with van der Waals surface area (Å²) in [5, 5.41) is 7.37. The van der Waals surface area contributed by atoms with Gasteiger partial charge in [0.2, 0.25) is 10.0 Å². The van der Waals surface area contributed by atoms with E-state index in [2.05, 4.69) is 25.3 Å². The van der Waals surface area contributed by atoms with Crippen molar-refractivity contribution in [3.8, 4) is 0 Å². The van der Waals surface area contributed by atoms with E-state index in [4.69, 9.17) is 0 Å². The molecule has 1 rings (SSSR count). The van der Waals surface area contributed by atoms with Gasteiger partial charge < -0.3 is 10.6 Å². The fourth-order valence-electron chi connectivity index (χ4n) is 2.00. The summed E-state index contributed by atoms with van der Waals surface area (Å²) in [5.41, 5.74) is -1.65. The molecule has 0 unspecified atom stereocenters. The number of halogens is 3. The topological polar surface area (TPSA) is 95.5 Å². The van der Waals surface area contributed by atoms with E-state index in [1.807, 2.05) is 6.92 Å². The van der Waals surface area contributed by atoms with Crippen molar-refractivity contribution in [3.05, 3.63) is 16.1 Å². The van der Waals surface area contributed by atoms with Gasteiger partial charge in [-0.2, -0.15) is 13.2 Å². The average molecular weight is 416 g/mol. The Balaban J connectivity index is 2.61. The molecule has 0 aliphatic carbocycles. The highest BCUT2D eigenvalue weighted by Gasteiger charge is 2.33. The largest absolute Gasteiger partial charge is 0.434 e. The standard InChI is InChI=1S/C14H24F3N5O2S2/c1-5-18-12(20-9-13(2,3)22-26(4,23)24)19-7-6-11-21-10(8-25-11)14(15,16)17/h8,22H,5-7,9H2,1-4H3,(H2,18,19,20). The number of nitrogens with one attached hydrogen (secondary N) is 3. The second kappa shape index (κ2) is 9.00. The van der Waals surface area contributed by atoms with Crippen LogP contribution in [0.2, 0.25) is 0 Å². The third-order valence-corrected chi connectivity index (χ3v) is 4.74. The summed E-state index contributed by atoms with van der Waals surface area (Å²) in [6.07, 6.45) is -3.04. The molecule has 0 atom stereocenters. The van der Waals surface area contributed by atoms with Crippen LogP contribution in [0, 0.1) is 0 Å². The minimum absolute atomic E-state index is 0.185. The van der Waals surface area contributed by atoms with Gasteiger partial charge in [0.25, 0.3) is 0 Å². The van der Waals surface area contributed by atoms with Crippen LogP contribution in [0.3, 0.4) is 0 Å². The van der Waals surface area contributed by atoms with Gasteiger partial charge in [-0.3, -0.25) is 4.99 Å². The number of aromatic nitrogens is 1. The van der Waals surface area contributed by atoms with Crippen molar-refractivity contribution in [2.45, 2.75) is 38.9 Å². The zero-order chi connectivity index (χ0) is 20.0. The van der Waals surface area contributed by atoms with Crippen LogP contribution < -0.4 is 15.4 Å². The fourth-order valence-corrected chi connectivity index (χ4v) is 3.87.